The third kappa shape index (κ3) is 1.80. The van der Waals surface area contributed by atoms with Gasteiger partial charge in [0.25, 0.3) is 0 Å². The molecule has 0 amide bonds. The van der Waals surface area contributed by atoms with E-state index in [2.05, 4.69) is 11.4 Å². The molecule has 3 rings (SSSR count). The number of hydrogen-bond donors (Lipinski definition) is 1. The zero-order chi connectivity index (χ0) is 11.8. The number of hydrogen-bond acceptors (Lipinski definition) is 2. The van der Waals surface area contributed by atoms with Crippen molar-refractivity contribution in [3.8, 4) is 6.07 Å². The van der Waals surface area contributed by atoms with Crippen molar-refractivity contribution in [1.82, 2.24) is 0 Å². The van der Waals surface area contributed by atoms with Crippen molar-refractivity contribution < 1.29 is 0 Å². The first-order chi connectivity index (χ1) is 8.28. The number of aryl methyl sites for hydroxylation is 1. The Kier molecular flexibility index (Phi) is 2.55. The molecule has 88 valence electrons. The van der Waals surface area contributed by atoms with Crippen molar-refractivity contribution in [1.29, 1.82) is 5.26 Å². The fourth-order valence-corrected chi connectivity index (χ4v) is 3.56. The van der Waals surface area contributed by atoms with E-state index in [0.717, 1.165) is 28.7 Å². The van der Waals surface area contributed by atoms with Crippen LogP contribution in [0.15, 0.2) is 18.2 Å². The first-order valence-corrected chi connectivity index (χ1v) is 6.54. The molecule has 2 fully saturated rings. The summed E-state index contributed by atoms with van der Waals surface area (Å²) in [6.07, 6.45) is 5.48. The molecule has 0 aliphatic heterocycles. The van der Waals surface area contributed by atoms with Crippen LogP contribution in [-0.2, 0) is 0 Å². The lowest BCUT2D eigenvalue weighted by atomic mass is 9.94. The van der Waals surface area contributed by atoms with Gasteiger partial charge in [-0.05, 0) is 49.7 Å². The minimum Gasteiger partial charge on any atom is -0.381 e. The van der Waals surface area contributed by atoms with Gasteiger partial charge in [-0.3, -0.25) is 0 Å². The quantitative estimate of drug-likeness (QED) is 0.838. The van der Waals surface area contributed by atoms with Crippen molar-refractivity contribution >= 4 is 5.69 Å². The summed E-state index contributed by atoms with van der Waals surface area (Å²) in [4.78, 5) is 0. The molecule has 3 atom stereocenters. The molecule has 0 spiro atoms. The molecule has 2 nitrogen and oxygen atoms in total. The number of nitrogens with one attached hydrogen (secondary N) is 1. The van der Waals surface area contributed by atoms with Crippen molar-refractivity contribution in [3.05, 3.63) is 29.3 Å². The molecule has 2 heteroatoms. The lowest BCUT2D eigenvalue weighted by molar-refractivity contribution is 0.439. The maximum absolute atomic E-state index is 9.22. The van der Waals surface area contributed by atoms with Gasteiger partial charge in [0.1, 0.15) is 6.07 Å². The van der Waals surface area contributed by atoms with Gasteiger partial charge >= 0.3 is 0 Å². The minimum atomic E-state index is 0.600. The molecule has 3 unspecified atom stereocenters. The predicted octanol–water partition coefficient (Wildman–Crippen LogP) is 3.47. The summed E-state index contributed by atoms with van der Waals surface area (Å²) in [6, 6.07) is 9.00. The normalized spacial score (nSPS) is 30.2. The Morgan fingerprint density at radius 1 is 1.29 bits per heavy atom. The first-order valence-electron chi connectivity index (χ1n) is 6.54. The van der Waals surface area contributed by atoms with E-state index in [4.69, 9.17) is 0 Å². The molecule has 1 aromatic rings. The second kappa shape index (κ2) is 4.07. The van der Waals surface area contributed by atoms with Crippen LogP contribution in [-0.4, -0.2) is 6.04 Å². The standard InChI is InChI=1S/C15H18N2/c1-10-3-2-4-14(13(10)9-16)17-15-8-11-5-6-12(15)7-11/h2-4,11-12,15,17H,5-8H2,1H3. The summed E-state index contributed by atoms with van der Waals surface area (Å²) in [5, 5.41) is 12.8. The third-order valence-electron chi connectivity index (χ3n) is 4.46. The Hall–Kier alpha value is -1.49. The average molecular weight is 226 g/mol. The van der Waals surface area contributed by atoms with Crippen molar-refractivity contribution in [3.63, 3.8) is 0 Å². The van der Waals surface area contributed by atoms with Gasteiger partial charge in [0.05, 0.1) is 11.3 Å². The second-order valence-electron chi connectivity index (χ2n) is 5.53. The molecule has 0 saturated heterocycles. The summed E-state index contributed by atoms with van der Waals surface area (Å²) in [5.41, 5.74) is 2.92. The molecule has 2 bridgehead atoms. The molecular formula is C15H18N2. The first kappa shape index (κ1) is 10.7. The molecule has 17 heavy (non-hydrogen) atoms. The molecule has 0 heterocycles. The fraction of sp³-hybridized carbons (Fsp3) is 0.533. The van der Waals surface area contributed by atoms with Gasteiger partial charge in [-0.2, -0.15) is 5.26 Å². The highest BCUT2D eigenvalue weighted by Crippen LogP contribution is 2.45. The second-order valence-corrected chi connectivity index (χ2v) is 5.53. The maximum Gasteiger partial charge on any atom is 0.102 e. The highest BCUT2D eigenvalue weighted by molar-refractivity contribution is 5.61. The van der Waals surface area contributed by atoms with Crippen molar-refractivity contribution in [2.24, 2.45) is 11.8 Å². The van der Waals surface area contributed by atoms with Crippen LogP contribution in [0.5, 0.6) is 0 Å². The van der Waals surface area contributed by atoms with Crippen LogP contribution in [0.4, 0.5) is 5.69 Å². The zero-order valence-electron chi connectivity index (χ0n) is 10.2. The number of nitrogens with zero attached hydrogens (tertiary/aromatic N) is 1. The lowest BCUT2D eigenvalue weighted by Gasteiger charge is -2.24. The van der Waals surface area contributed by atoms with E-state index >= 15 is 0 Å². The van der Waals surface area contributed by atoms with Gasteiger partial charge in [0.15, 0.2) is 0 Å². The Morgan fingerprint density at radius 2 is 2.18 bits per heavy atom. The minimum absolute atomic E-state index is 0.600. The van der Waals surface area contributed by atoms with Gasteiger partial charge in [-0.1, -0.05) is 18.6 Å². The van der Waals surface area contributed by atoms with Crippen LogP contribution in [0.3, 0.4) is 0 Å². The molecule has 2 aliphatic rings. The van der Waals surface area contributed by atoms with Crippen LogP contribution < -0.4 is 5.32 Å². The Morgan fingerprint density at radius 3 is 2.82 bits per heavy atom. The van der Waals surface area contributed by atoms with E-state index < -0.39 is 0 Å². The maximum atomic E-state index is 9.22. The fourth-order valence-electron chi connectivity index (χ4n) is 3.56. The summed E-state index contributed by atoms with van der Waals surface area (Å²) >= 11 is 0. The largest absolute Gasteiger partial charge is 0.381 e. The van der Waals surface area contributed by atoms with Crippen LogP contribution in [0.2, 0.25) is 0 Å². The Labute approximate surface area is 103 Å². The van der Waals surface area contributed by atoms with Gasteiger partial charge in [0, 0.05) is 6.04 Å². The lowest BCUT2D eigenvalue weighted by Crippen LogP contribution is -2.26. The Balaban J connectivity index is 1.82. The van der Waals surface area contributed by atoms with Gasteiger partial charge in [-0.25, -0.2) is 0 Å². The van der Waals surface area contributed by atoms with E-state index in [0.29, 0.717) is 6.04 Å². The van der Waals surface area contributed by atoms with Gasteiger partial charge < -0.3 is 5.32 Å². The van der Waals surface area contributed by atoms with E-state index in [1.807, 2.05) is 25.1 Å². The number of nitriles is 1. The molecule has 2 saturated carbocycles. The molecule has 1 N–H and O–H groups in total. The molecule has 2 aliphatic carbocycles. The van der Waals surface area contributed by atoms with Gasteiger partial charge in [-0.15, -0.1) is 0 Å². The van der Waals surface area contributed by atoms with Crippen molar-refractivity contribution in [2.75, 3.05) is 5.32 Å². The number of rotatable bonds is 2. The van der Waals surface area contributed by atoms with Crippen LogP contribution in [0.1, 0.15) is 36.8 Å². The van der Waals surface area contributed by atoms with Gasteiger partial charge in [0.2, 0.25) is 0 Å². The third-order valence-corrected chi connectivity index (χ3v) is 4.46. The molecule has 1 aromatic carbocycles. The smallest absolute Gasteiger partial charge is 0.102 e. The van der Waals surface area contributed by atoms with E-state index in [-0.39, 0.29) is 0 Å². The zero-order valence-corrected chi connectivity index (χ0v) is 10.2. The van der Waals surface area contributed by atoms with E-state index in [1.54, 1.807) is 0 Å². The summed E-state index contributed by atoms with van der Waals surface area (Å²) in [6.45, 7) is 2.00. The molecule has 0 radical (unpaired) electrons. The molecular weight excluding hydrogens is 208 g/mol. The summed E-state index contributed by atoms with van der Waals surface area (Å²) < 4.78 is 0. The summed E-state index contributed by atoms with van der Waals surface area (Å²) in [7, 11) is 0. The topological polar surface area (TPSA) is 35.8 Å². The summed E-state index contributed by atoms with van der Waals surface area (Å²) in [5.74, 6) is 1.78. The number of anilines is 1. The monoisotopic (exact) mass is 226 g/mol. The van der Waals surface area contributed by atoms with Crippen molar-refractivity contribution in [2.45, 2.75) is 38.6 Å². The Bertz CT molecular complexity index is 472. The van der Waals surface area contributed by atoms with Crippen LogP contribution >= 0.6 is 0 Å². The SMILES string of the molecule is Cc1cccc(NC2CC3CCC2C3)c1C#N. The van der Waals surface area contributed by atoms with Crippen LogP contribution in [0.25, 0.3) is 0 Å². The predicted molar refractivity (Wildman–Crippen MR) is 68.8 cm³/mol. The average Bonchev–Trinajstić information content (AvgIpc) is 2.91. The van der Waals surface area contributed by atoms with E-state index in [1.165, 1.54) is 25.7 Å². The highest BCUT2D eigenvalue weighted by Gasteiger charge is 2.39. The highest BCUT2D eigenvalue weighted by atomic mass is 14.9. The van der Waals surface area contributed by atoms with E-state index in [9.17, 15) is 5.26 Å². The number of fused-ring (bicyclic) bond motifs is 2. The number of benzene rings is 1. The molecule has 0 aromatic heterocycles. The van der Waals surface area contributed by atoms with Crippen LogP contribution in [0, 0.1) is 30.1 Å².